The summed E-state index contributed by atoms with van der Waals surface area (Å²) in [6.45, 7) is 4.81. The van der Waals surface area contributed by atoms with Crippen LogP contribution < -0.4 is 5.69 Å². The lowest BCUT2D eigenvalue weighted by Gasteiger charge is -2.18. The van der Waals surface area contributed by atoms with E-state index in [0.29, 0.717) is 22.6 Å². The minimum absolute atomic E-state index is 0.394. The zero-order valence-electron chi connectivity index (χ0n) is 11.9. The van der Waals surface area contributed by atoms with E-state index < -0.39 is 23.4 Å². The highest BCUT2D eigenvalue weighted by Crippen LogP contribution is 2.23. The molecule has 1 aromatic carbocycles. The van der Waals surface area contributed by atoms with Gasteiger partial charge in [-0.25, -0.2) is 9.18 Å². The number of rotatable bonds is 3. The molecule has 1 aromatic heterocycles. The Balaban J connectivity index is 2.73. The SMILES string of the molecule is Cc1nc(=O)n(-c2ccc(F)cc2)c(C)c1C(C)C(=O)O. The molecule has 0 aliphatic heterocycles. The molecule has 2 aromatic rings. The van der Waals surface area contributed by atoms with E-state index in [1.165, 1.54) is 28.8 Å². The molecule has 0 saturated heterocycles. The van der Waals surface area contributed by atoms with Crippen molar-refractivity contribution in [3.8, 4) is 5.69 Å². The fourth-order valence-electron chi connectivity index (χ4n) is 2.42. The van der Waals surface area contributed by atoms with Crippen molar-refractivity contribution in [2.24, 2.45) is 0 Å². The van der Waals surface area contributed by atoms with Crippen molar-refractivity contribution in [3.63, 3.8) is 0 Å². The molecule has 0 aliphatic carbocycles. The number of carbonyl (C=O) groups is 1. The van der Waals surface area contributed by atoms with Gasteiger partial charge in [-0.1, -0.05) is 0 Å². The van der Waals surface area contributed by atoms with Crippen molar-refractivity contribution in [1.29, 1.82) is 0 Å². The highest BCUT2D eigenvalue weighted by molar-refractivity contribution is 5.76. The van der Waals surface area contributed by atoms with Gasteiger partial charge in [-0.3, -0.25) is 9.36 Å². The summed E-state index contributed by atoms with van der Waals surface area (Å²) in [6.07, 6.45) is 0. The summed E-state index contributed by atoms with van der Waals surface area (Å²) in [5.41, 5.74) is 1.31. The first-order valence-corrected chi connectivity index (χ1v) is 6.41. The van der Waals surface area contributed by atoms with Crippen molar-refractivity contribution in [2.75, 3.05) is 0 Å². The molecule has 0 fully saturated rings. The Morgan fingerprint density at radius 3 is 2.38 bits per heavy atom. The van der Waals surface area contributed by atoms with Crippen molar-refractivity contribution in [3.05, 3.63) is 57.5 Å². The molecule has 0 radical (unpaired) electrons. The third-order valence-corrected chi connectivity index (χ3v) is 3.46. The quantitative estimate of drug-likeness (QED) is 0.940. The molecule has 1 unspecified atom stereocenters. The molecule has 1 heterocycles. The zero-order valence-corrected chi connectivity index (χ0v) is 11.9. The average molecular weight is 290 g/mol. The van der Waals surface area contributed by atoms with E-state index in [4.69, 9.17) is 0 Å². The van der Waals surface area contributed by atoms with E-state index in [-0.39, 0.29) is 0 Å². The van der Waals surface area contributed by atoms with E-state index in [2.05, 4.69) is 4.98 Å². The normalized spacial score (nSPS) is 12.2. The molecule has 5 nitrogen and oxygen atoms in total. The van der Waals surface area contributed by atoms with Gasteiger partial charge in [0.1, 0.15) is 5.82 Å². The number of hydrogen-bond donors (Lipinski definition) is 1. The Kier molecular flexibility index (Phi) is 3.88. The molecule has 6 heteroatoms. The van der Waals surface area contributed by atoms with Crippen LogP contribution in [0.2, 0.25) is 0 Å². The summed E-state index contributed by atoms with van der Waals surface area (Å²) in [5.74, 6) is -2.19. The zero-order chi connectivity index (χ0) is 15.7. The average Bonchev–Trinajstić information content (AvgIpc) is 2.40. The lowest BCUT2D eigenvalue weighted by atomic mass is 9.98. The van der Waals surface area contributed by atoms with Crippen molar-refractivity contribution in [1.82, 2.24) is 9.55 Å². The van der Waals surface area contributed by atoms with Crippen molar-refractivity contribution < 1.29 is 14.3 Å². The molecule has 0 amide bonds. The number of aliphatic carboxylic acids is 1. The summed E-state index contributed by atoms with van der Waals surface area (Å²) < 4.78 is 14.3. The number of hydrogen-bond acceptors (Lipinski definition) is 3. The maximum atomic E-state index is 13.0. The second kappa shape index (κ2) is 5.47. The number of aryl methyl sites for hydroxylation is 1. The number of benzene rings is 1. The molecule has 21 heavy (non-hydrogen) atoms. The number of carboxylic acid groups (broad SMARTS) is 1. The predicted molar refractivity (Wildman–Crippen MR) is 75.3 cm³/mol. The summed E-state index contributed by atoms with van der Waals surface area (Å²) in [5, 5.41) is 9.19. The van der Waals surface area contributed by atoms with Gasteiger partial charge in [0.2, 0.25) is 0 Å². The van der Waals surface area contributed by atoms with Gasteiger partial charge in [-0.2, -0.15) is 4.98 Å². The minimum atomic E-state index is -0.993. The van der Waals surface area contributed by atoms with Crippen LogP contribution in [0.5, 0.6) is 0 Å². The monoisotopic (exact) mass is 290 g/mol. The van der Waals surface area contributed by atoms with Crippen molar-refractivity contribution in [2.45, 2.75) is 26.7 Å². The second-order valence-electron chi connectivity index (χ2n) is 4.85. The smallest absolute Gasteiger partial charge is 0.352 e. The summed E-state index contributed by atoms with van der Waals surface area (Å²) in [4.78, 5) is 27.2. The third-order valence-electron chi connectivity index (χ3n) is 3.46. The molecule has 1 atom stereocenters. The van der Waals surface area contributed by atoms with Crippen LogP contribution in [0.4, 0.5) is 4.39 Å². The van der Waals surface area contributed by atoms with Gasteiger partial charge in [0.05, 0.1) is 11.6 Å². The number of halogens is 1. The van der Waals surface area contributed by atoms with Crippen LogP contribution >= 0.6 is 0 Å². The Labute approximate surface area is 120 Å². The standard InChI is InChI=1S/C15H15FN2O3/c1-8(14(19)20)13-9(2)17-15(21)18(10(13)3)12-6-4-11(16)5-7-12/h4-8H,1-3H3,(H,19,20). The summed E-state index contributed by atoms with van der Waals surface area (Å²) in [7, 11) is 0. The largest absolute Gasteiger partial charge is 0.481 e. The molecule has 0 bridgehead atoms. The van der Waals surface area contributed by atoms with Crippen LogP contribution in [-0.2, 0) is 4.79 Å². The third kappa shape index (κ3) is 2.69. The van der Waals surface area contributed by atoms with Gasteiger partial charge in [0, 0.05) is 17.0 Å². The first-order chi connectivity index (χ1) is 9.82. The topological polar surface area (TPSA) is 72.2 Å². The minimum Gasteiger partial charge on any atom is -0.481 e. The lowest BCUT2D eigenvalue weighted by molar-refractivity contribution is -0.138. The first kappa shape index (κ1) is 14.9. The van der Waals surface area contributed by atoms with Gasteiger partial charge < -0.3 is 5.11 Å². The van der Waals surface area contributed by atoms with E-state index in [1.54, 1.807) is 20.8 Å². The highest BCUT2D eigenvalue weighted by Gasteiger charge is 2.22. The van der Waals surface area contributed by atoms with Gasteiger partial charge in [-0.15, -0.1) is 0 Å². The molecule has 1 N–H and O–H groups in total. The van der Waals surface area contributed by atoms with Crippen LogP contribution in [0.25, 0.3) is 5.69 Å². The Morgan fingerprint density at radius 2 is 1.86 bits per heavy atom. The maximum Gasteiger partial charge on any atom is 0.352 e. The van der Waals surface area contributed by atoms with Gasteiger partial charge in [0.25, 0.3) is 0 Å². The maximum absolute atomic E-state index is 13.0. The Morgan fingerprint density at radius 1 is 1.29 bits per heavy atom. The van der Waals surface area contributed by atoms with E-state index >= 15 is 0 Å². The number of carboxylic acids is 1. The van der Waals surface area contributed by atoms with E-state index in [1.807, 2.05) is 0 Å². The molecule has 2 rings (SSSR count). The van der Waals surface area contributed by atoms with Crippen molar-refractivity contribution >= 4 is 5.97 Å². The number of aromatic nitrogens is 2. The van der Waals surface area contributed by atoms with E-state index in [0.717, 1.165) is 0 Å². The fraction of sp³-hybridized carbons (Fsp3) is 0.267. The Bertz CT molecular complexity index is 751. The van der Waals surface area contributed by atoms with Crippen LogP contribution in [-0.4, -0.2) is 20.6 Å². The summed E-state index contributed by atoms with van der Waals surface area (Å²) >= 11 is 0. The molecular weight excluding hydrogens is 275 g/mol. The molecule has 0 saturated carbocycles. The van der Waals surface area contributed by atoms with Gasteiger partial charge in [-0.05, 0) is 45.0 Å². The molecule has 0 spiro atoms. The Hall–Kier alpha value is -2.50. The van der Waals surface area contributed by atoms with Crippen LogP contribution in [0.1, 0.15) is 29.8 Å². The lowest BCUT2D eigenvalue weighted by Crippen LogP contribution is -2.28. The second-order valence-corrected chi connectivity index (χ2v) is 4.85. The van der Waals surface area contributed by atoms with Crippen LogP contribution in [0.15, 0.2) is 29.1 Å². The van der Waals surface area contributed by atoms with Gasteiger partial charge >= 0.3 is 11.7 Å². The molecular formula is C15H15FN2O3. The molecule has 110 valence electrons. The van der Waals surface area contributed by atoms with Crippen LogP contribution in [0, 0.1) is 19.7 Å². The fourth-order valence-corrected chi connectivity index (χ4v) is 2.42. The first-order valence-electron chi connectivity index (χ1n) is 6.41. The van der Waals surface area contributed by atoms with Gasteiger partial charge in [0.15, 0.2) is 0 Å². The number of nitrogens with zero attached hydrogens (tertiary/aromatic N) is 2. The van der Waals surface area contributed by atoms with E-state index in [9.17, 15) is 19.1 Å². The predicted octanol–water partition coefficient (Wildman–Crippen LogP) is 2.18. The highest BCUT2D eigenvalue weighted by atomic mass is 19.1. The molecule has 0 aliphatic rings. The summed E-state index contributed by atoms with van der Waals surface area (Å²) in [6, 6.07) is 5.38. The van der Waals surface area contributed by atoms with Crippen LogP contribution in [0.3, 0.4) is 0 Å².